The summed E-state index contributed by atoms with van der Waals surface area (Å²) >= 11 is 0. The van der Waals surface area contributed by atoms with Crippen LogP contribution in [0.4, 0.5) is 0 Å². The van der Waals surface area contributed by atoms with Crippen molar-refractivity contribution in [2.45, 2.75) is 50.3 Å². The Morgan fingerprint density at radius 3 is 2.21 bits per heavy atom. The van der Waals surface area contributed by atoms with E-state index in [9.17, 15) is 8.42 Å². The molecule has 0 heterocycles. The van der Waals surface area contributed by atoms with Gasteiger partial charge in [0.15, 0.2) is 9.84 Å². The van der Waals surface area contributed by atoms with Crippen LogP contribution < -0.4 is 0 Å². The molecular formula is C16H22O2S. The van der Waals surface area contributed by atoms with E-state index in [4.69, 9.17) is 0 Å². The number of hydrogen-bond donors (Lipinski definition) is 0. The van der Waals surface area contributed by atoms with Crippen LogP contribution in [0.3, 0.4) is 0 Å². The van der Waals surface area contributed by atoms with Gasteiger partial charge in [0.1, 0.15) is 0 Å². The SMILES string of the molecule is CCCCC#CCCCCS(=O)(=O)c1ccccc1. The molecule has 0 radical (unpaired) electrons. The highest BCUT2D eigenvalue weighted by molar-refractivity contribution is 7.91. The van der Waals surface area contributed by atoms with E-state index in [0.29, 0.717) is 11.3 Å². The molecule has 1 aromatic rings. The summed E-state index contributed by atoms with van der Waals surface area (Å²) in [5.41, 5.74) is 0. The van der Waals surface area contributed by atoms with E-state index < -0.39 is 9.84 Å². The second kappa shape index (κ2) is 8.77. The number of rotatable bonds is 7. The molecule has 0 unspecified atom stereocenters. The fraction of sp³-hybridized carbons (Fsp3) is 0.500. The van der Waals surface area contributed by atoms with Gasteiger partial charge in [-0.25, -0.2) is 8.42 Å². The third-order valence-corrected chi connectivity index (χ3v) is 4.66. The summed E-state index contributed by atoms with van der Waals surface area (Å²) in [7, 11) is -3.11. The van der Waals surface area contributed by atoms with Crippen molar-refractivity contribution >= 4 is 9.84 Å². The smallest absolute Gasteiger partial charge is 0.178 e. The molecule has 0 saturated carbocycles. The average molecular weight is 278 g/mol. The molecule has 0 saturated heterocycles. The monoisotopic (exact) mass is 278 g/mol. The Labute approximate surface area is 117 Å². The van der Waals surface area contributed by atoms with Gasteiger partial charge in [-0.15, -0.1) is 11.8 Å². The van der Waals surface area contributed by atoms with Gasteiger partial charge in [-0.2, -0.15) is 0 Å². The second-order valence-corrected chi connectivity index (χ2v) is 6.66. The lowest BCUT2D eigenvalue weighted by molar-refractivity contribution is 0.592. The quantitative estimate of drug-likeness (QED) is 0.561. The highest BCUT2D eigenvalue weighted by Crippen LogP contribution is 2.12. The van der Waals surface area contributed by atoms with Crippen LogP contribution in [0.1, 0.15) is 45.4 Å². The predicted octanol–water partition coefficient (Wildman–Crippen LogP) is 3.82. The van der Waals surface area contributed by atoms with Crippen molar-refractivity contribution in [1.82, 2.24) is 0 Å². The molecule has 0 aliphatic carbocycles. The Morgan fingerprint density at radius 2 is 1.58 bits per heavy atom. The zero-order chi connectivity index (χ0) is 14.0. The molecular weight excluding hydrogens is 256 g/mol. The third-order valence-electron chi connectivity index (χ3n) is 2.85. The van der Waals surface area contributed by atoms with Gasteiger partial charge in [0.05, 0.1) is 10.6 Å². The predicted molar refractivity (Wildman–Crippen MR) is 79.6 cm³/mol. The second-order valence-electron chi connectivity index (χ2n) is 4.55. The largest absolute Gasteiger partial charge is 0.224 e. The van der Waals surface area contributed by atoms with Crippen LogP contribution in [-0.2, 0) is 9.84 Å². The van der Waals surface area contributed by atoms with Gasteiger partial charge in [-0.1, -0.05) is 31.5 Å². The number of hydrogen-bond acceptors (Lipinski definition) is 2. The minimum absolute atomic E-state index is 0.216. The van der Waals surface area contributed by atoms with E-state index in [2.05, 4.69) is 18.8 Å². The Bertz CT molecular complexity index is 507. The molecule has 104 valence electrons. The topological polar surface area (TPSA) is 34.1 Å². The van der Waals surface area contributed by atoms with Crippen LogP contribution in [0.15, 0.2) is 35.2 Å². The Morgan fingerprint density at radius 1 is 0.947 bits per heavy atom. The van der Waals surface area contributed by atoms with Crippen LogP contribution >= 0.6 is 0 Å². The summed E-state index contributed by atoms with van der Waals surface area (Å²) in [6, 6.07) is 8.64. The summed E-state index contributed by atoms with van der Waals surface area (Å²) in [4.78, 5) is 0.420. The van der Waals surface area contributed by atoms with Crippen LogP contribution in [0, 0.1) is 11.8 Å². The van der Waals surface area contributed by atoms with Crippen LogP contribution in [-0.4, -0.2) is 14.2 Å². The zero-order valence-corrected chi connectivity index (χ0v) is 12.4. The van der Waals surface area contributed by atoms with Gasteiger partial charge in [-0.05, 0) is 31.4 Å². The van der Waals surface area contributed by atoms with E-state index in [1.807, 2.05) is 6.07 Å². The molecule has 0 N–H and O–H groups in total. The molecule has 19 heavy (non-hydrogen) atoms. The summed E-state index contributed by atoms with van der Waals surface area (Å²) in [5, 5.41) is 0. The van der Waals surface area contributed by atoms with Crippen molar-refractivity contribution in [2.24, 2.45) is 0 Å². The molecule has 0 aromatic heterocycles. The number of sulfone groups is 1. The van der Waals surface area contributed by atoms with Crippen LogP contribution in [0.5, 0.6) is 0 Å². The summed E-state index contributed by atoms with van der Waals surface area (Å²) in [6.07, 6.45) is 5.61. The highest BCUT2D eigenvalue weighted by Gasteiger charge is 2.12. The van der Waals surface area contributed by atoms with Crippen molar-refractivity contribution in [3.8, 4) is 11.8 Å². The fourth-order valence-corrected chi connectivity index (χ4v) is 3.08. The zero-order valence-electron chi connectivity index (χ0n) is 11.6. The molecule has 1 aromatic carbocycles. The molecule has 0 fully saturated rings. The van der Waals surface area contributed by atoms with Crippen LogP contribution in [0.25, 0.3) is 0 Å². The molecule has 0 amide bonds. The van der Waals surface area contributed by atoms with Crippen molar-refractivity contribution in [3.63, 3.8) is 0 Å². The van der Waals surface area contributed by atoms with E-state index >= 15 is 0 Å². The first kappa shape index (κ1) is 15.8. The van der Waals surface area contributed by atoms with E-state index in [1.165, 1.54) is 6.42 Å². The number of unbranched alkanes of at least 4 members (excludes halogenated alkanes) is 4. The summed E-state index contributed by atoms with van der Waals surface area (Å²) in [6.45, 7) is 2.15. The minimum Gasteiger partial charge on any atom is -0.224 e. The summed E-state index contributed by atoms with van der Waals surface area (Å²) in [5.74, 6) is 6.43. The molecule has 0 spiro atoms. The van der Waals surface area contributed by atoms with E-state index in [-0.39, 0.29) is 5.75 Å². The van der Waals surface area contributed by atoms with Crippen molar-refractivity contribution in [3.05, 3.63) is 30.3 Å². The normalized spacial score (nSPS) is 10.8. The van der Waals surface area contributed by atoms with E-state index in [0.717, 1.165) is 25.7 Å². The highest BCUT2D eigenvalue weighted by atomic mass is 32.2. The molecule has 0 aliphatic rings. The van der Waals surface area contributed by atoms with Gasteiger partial charge < -0.3 is 0 Å². The van der Waals surface area contributed by atoms with Gasteiger partial charge >= 0.3 is 0 Å². The molecule has 0 aliphatic heterocycles. The van der Waals surface area contributed by atoms with Gasteiger partial charge in [0.2, 0.25) is 0 Å². The maximum Gasteiger partial charge on any atom is 0.178 e. The summed E-state index contributed by atoms with van der Waals surface area (Å²) < 4.78 is 23.9. The fourth-order valence-electron chi connectivity index (χ4n) is 1.69. The third kappa shape index (κ3) is 6.45. The molecule has 0 atom stereocenters. The molecule has 3 heteroatoms. The standard InChI is InChI=1S/C16H22O2S/c1-2-3-4-5-6-7-8-12-15-19(17,18)16-13-10-9-11-14-16/h9-11,13-14H,2-4,7-8,12,15H2,1H3. The average Bonchev–Trinajstić information content (AvgIpc) is 2.43. The molecule has 1 rings (SSSR count). The minimum atomic E-state index is -3.11. The lowest BCUT2D eigenvalue weighted by Crippen LogP contribution is -2.06. The number of benzene rings is 1. The Balaban J connectivity index is 2.27. The van der Waals surface area contributed by atoms with Crippen molar-refractivity contribution < 1.29 is 8.42 Å². The lowest BCUT2D eigenvalue weighted by Gasteiger charge is -2.02. The Kier molecular flexibility index (Phi) is 7.28. The molecule has 0 bridgehead atoms. The van der Waals surface area contributed by atoms with Crippen LogP contribution in [0.2, 0.25) is 0 Å². The van der Waals surface area contributed by atoms with Crippen molar-refractivity contribution in [1.29, 1.82) is 0 Å². The maximum atomic E-state index is 12.0. The van der Waals surface area contributed by atoms with Crippen molar-refractivity contribution in [2.75, 3.05) is 5.75 Å². The Hall–Kier alpha value is -1.27. The van der Waals surface area contributed by atoms with Gasteiger partial charge in [0.25, 0.3) is 0 Å². The lowest BCUT2D eigenvalue weighted by atomic mass is 10.2. The molecule has 2 nitrogen and oxygen atoms in total. The van der Waals surface area contributed by atoms with Gasteiger partial charge in [0, 0.05) is 12.8 Å². The first-order valence-corrected chi connectivity index (χ1v) is 8.55. The first-order valence-electron chi connectivity index (χ1n) is 6.90. The first-order chi connectivity index (χ1) is 9.17. The van der Waals surface area contributed by atoms with E-state index in [1.54, 1.807) is 24.3 Å². The maximum absolute atomic E-state index is 12.0. The van der Waals surface area contributed by atoms with Gasteiger partial charge in [-0.3, -0.25) is 0 Å².